The van der Waals surface area contributed by atoms with Gasteiger partial charge in [0.15, 0.2) is 5.96 Å². The minimum absolute atomic E-state index is 0.214. The maximum Gasteiger partial charge on any atom is 0.231 e. The van der Waals surface area contributed by atoms with Crippen LogP contribution in [0.3, 0.4) is 0 Å². The lowest BCUT2D eigenvalue weighted by Crippen LogP contribution is -2.26. The van der Waals surface area contributed by atoms with Crippen LogP contribution < -0.4 is 10.6 Å². The molecule has 3 rings (SSSR count). The van der Waals surface area contributed by atoms with Crippen LogP contribution in [0.2, 0.25) is 0 Å². The maximum atomic E-state index is 14.4. The number of nitrogens with one attached hydrogen (secondary N) is 2. The fourth-order valence-electron chi connectivity index (χ4n) is 2.67. The Morgan fingerprint density at radius 2 is 1.92 bits per heavy atom. The first-order valence-corrected chi connectivity index (χ1v) is 8.40. The van der Waals surface area contributed by atoms with Crippen molar-refractivity contribution in [1.82, 2.24) is 10.5 Å². The molecule has 6 heteroatoms. The standard InChI is InChI=1S/C20H21FN4O/c1-22-20(23-2)24-19-13-16(25-26-19)10-8-14-9-11-17(18(21)12-14)15-6-4-3-5-7-15/h3-7,9,11-13H,8,10H2,1-2H3,(H2,22,23,24). The van der Waals surface area contributed by atoms with Gasteiger partial charge in [0, 0.05) is 25.7 Å². The molecular formula is C20H21FN4O. The van der Waals surface area contributed by atoms with Crippen molar-refractivity contribution < 1.29 is 8.91 Å². The van der Waals surface area contributed by atoms with Gasteiger partial charge < -0.3 is 9.84 Å². The number of nitrogens with zero attached hydrogens (tertiary/aromatic N) is 2. The van der Waals surface area contributed by atoms with E-state index >= 15 is 0 Å². The van der Waals surface area contributed by atoms with Crippen LogP contribution in [0.4, 0.5) is 10.3 Å². The first-order valence-electron chi connectivity index (χ1n) is 8.40. The summed E-state index contributed by atoms with van der Waals surface area (Å²) in [6.07, 6.45) is 1.34. The zero-order chi connectivity index (χ0) is 18.4. The molecule has 134 valence electrons. The second-order valence-electron chi connectivity index (χ2n) is 5.81. The highest BCUT2D eigenvalue weighted by molar-refractivity contribution is 5.92. The van der Waals surface area contributed by atoms with E-state index in [-0.39, 0.29) is 5.82 Å². The van der Waals surface area contributed by atoms with Crippen molar-refractivity contribution in [3.63, 3.8) is 0 Å². The quantitative estimate of drug-likeness (QED) is 0.540. The molecular weight excluding hydrogens is 331 g/mol. The molecule has 3 aromatic rings. The van der Waals surface area contributed by atoms with Gasteiger partial charge in [-0.05, 0) is 30.0 Å². The Morgan fingerprint density at radius 1 is 1.12 bits per heavy atom. The number of rotatable bonds is 5. The van der Waals surface area contributed by atoms with Gasteiger partial charge >= 0.3 is 0 Å². The molecule has 5 nitrogen and oxygen atoms in total. The lowest BCUT2D eigenvalue weighted by atomic mass is 10.0. The second kappa shape index (κ2) is 8.29. The van der Waals surface area contributed by atoms with E-state index in [4.69, 9.17) is 4.52 Å². The summed E-state index contributed by atoms with van der Waals surface area (Å²) in [5.74, 6) is 0.890. The highest BCUT2D eigenvalue weighted by Crippen LogP contribution is 2.24. The topological polar surface area (TPSA) is 62.5 Å². The van der Waals surface area contributed by atoms with Gasteiger partial charge in [-0.1, -0.05) is 47.6 Å². The minimum atomic E-state index is -0.214. The second-order valence-corrected chi connectivity index (χ2v) is 5.81. The summed E-state index contributed by atoms with van der Waals surface area (Å²) < 4.78 is 19.7. The minimum Gasteiger partial charge on any atom is -0.359 e. The third-order valence-corrected chi connectivity index (χ3v) is 4.05. The lowest BCUT2D eigenvalue weighted by Gasteiger charge is -2.06. The van der Waals surface area contributed by atoms with Crippen LogP contribution in [0.15, 0.2) is 64.1 Å². The van der Waals surface area contributed by atoms with Gasteiger partial charge in [-0.3, -0.25) is 10.3 Å². The van der Waals surface area contributed by atoms with Gasteiger partial charge in [-0.2, -0.15) is 0 Å². The van der Waals surface area contributed by atoms with Crippen LogP contribution in [0, 0.1) is 5.82 Å². The van der Waals surface area contributed by atoms with E-state index in [1.165, 1.54) is 0 Å². The zero-order valence-corrected chi connectivity index (χ0v) is 14.8. The molecule has 0 bridgehead atoms. The van der Waals surface area contributed by atoms with Gasteiger partial charge in [0.25, 0.3) is 0 Å². The number of anilines is 1. The number of aryl methyl sites for hydroxylation is 2. The monoisotopic (exact) mass is 352 g/mol. The predicted molar refractivity (Wildman–Crippen MR) is 102 cm³/mol. The molecule has 0 aliphatic rings. The molecule has 26 heavy (non-hydrogen) atoms. The largest absolute Gasteiger partial charge is 0.359 e. The van der Waals surface area contributed by atoms with Gasteiger partial charge in [-0.15, -0.1) is 0 Å². The molecule has 0 amide bonds. The maximum absolute atomic E-state index is 14.4. The van der Waals surface area contributed by atoms with Crippen molar-refractivity contribution >= 4 is 11.8 Å². The fourth-order valence-corrected chi connectivity index (χ4v) is 2.67. The van der Waals surface area contributed by atoms with Gasteiger partial charge in [-0.25, -0.2) is 4.39 Å². The van der Waals surface area contributed by atoms with E-state index in [1.807, 2.05) is 48.5 Å². The molecule has 0 radical (unpaired) electrons. The summed E-state index contributed by atoms with van der Waals surface area (Å²) in [5, 5.41) is 9.91. The summed E-state index contributed by atoms with van der Waals surface area (Å²) in [6, 6.07) is 16.7. The zero-order valence-electron chi connectivity index (χ0n) is 14.8. The van der Waals surface area contributed by atoms with Crippen LogP contribution >= 0.6 is 0 Å². The molecule has 0 saturated carbocycles. The van der Waals surface area contributed by atoms with Gasteiger partial charge in [0.2, 0.25) is 5.88 Å². The first-order chi connectivity index (χ1) is 12.7. The van der Waals surface area contributed by atoms with E-state index in [0.29, 0.717) is 30.2 Å². The molecule has 0 spiro atoms. The molecule has 0 aliphatic carbocycles. The van der Waals surface area contributed by atoms with Crippen molar-refractivity contribution in [2.24, 2.45) is 4.99 Å². The van der Waals surface area contributed by atoms with Gasteiger partial charge in [0.1, 0.15) is 5.82 Å². The van der Waals surface area contributed by atoms with Crippen molar-refractivity contribution in [3.8, 4) is 11.1 Å². The summed E-state index contributed by atoms with van der Waals surface area (Å²) >= 11 is 0. The molecule has 1 heterocycles. The van der Waals surface area contributed by atoms with E-state index < -0.39 is 0 Å². The van der Waals surface area contributed by atoms with E-state index in [9.17, 15) is 4.39 Å². The molecule has 0 saturated heterocycles. The van der Waals surface area contributed by atoms with Crippen LogP contribution in [0.5, 0.6) is 0 Å². The summed E-state index contributed by atoms with van der Waals surface area (Å²) in [5.41, 5.74) is 3.21. The average molecular weight is 352 g/mol. The first kappa shape index (κ1) is 17.7. The Bertz CT molecular complexity index is 890. The Kier molecular flexibility index (Phi) is 5.63. The average Bonchev–Trinajstić information content (AvgIpc) is 3.12. The van der Waals surface area contributed by atoms with Crippen LogP contribution in [0.1, 0.15) is 11.3 Å². The third kappa shape index (κ3) is 4.27. The summed E-state index contributed by atoms with van der Waals surface area (Å²) in [6.45, 7) is 0. The number of halogens is 1. The third-order valence-electron chi connectivity index (χ3n) is 4.05. The molecule has 0 aliphatic heterocycles. The van der Waals surface area contributed by atoms with Crippen molar-refractivity contribution in [2.75, 3.05) is 19.4 Å². The predicted octanol–water partition coefficient (Wildman–Crippen LogP) is 3.88. The van der Waals surface area contributed by atoms with E-state index in [1.54, 1.807) is 20.2 Å². The van der Waals surface area contributed by atoms with E-state index in [2.05, 4.69) is 20.8 Å². The normalized spacial score (nSPS) is 11.4. The number of hydrogen-bond acceptors (Lipinski definition) is 3. The Morgan fingerprint density at radius 3 is 2.62 bits per heavy atom. The smallest absolute Gasteiger partial charge is 0.231 e. The number of hydrogen-bond donors (Lipinski definition) is 2. The SMILES string of the molecule is CN=C(NC)Nc1cc(CCc2ccc(-c3ccccc3)c(F)c2)no1. The highest BCUT2D eigenvalue weighted by Gasteiger charge is 2.09. The molecule has 2 N–H and O–H groups in total. The number of aromatic nitrogens is 1. The number of benzene rings is 2. The Balaban J connectivity index is 1.64. The summed E-state index contributed by atoms with van der Waals surface area (Å²) in [7, 11) is 3.43. The van der Waals surface area contributed by atoms with Crippen LogP contribution in [-0.4, -0.2) is 25.2 Å². The van der Waals surface area contributed by atoms with Crippen molar-refractivity contribution in [2.45, 2.75) is 12.8 Å². The lowest BCUT2D eigenvalue weighted by molar-refractivity contribution is 0.426. The number of guanidine groups is 1. The fraction of sp³-hybridized carbons (Fsp3) is 0.200. The molecule has 2 aromatic carbocycles. The van der Waals surface area contributed by atoms with Gasteiger partial charge in [0.05, 0.1) is 5.69 Å². The molecule has 0 fully saturated rings. The molecule has 0 unspecified atom stereocenters. The number of aliphatic imine (C=N–C) groups is 1. The van der Waals surface area contributed by atoms with Crippen molar-refractivity contribution in [3.05, 3.63) is 71.7 Å². The van der Waals surface area contributed by atoms with Crippen LogP contribution in [0.25, 0.3) is 11.1 Å². The summed E-state index contributed by atoms with van der Waals surface area (Å²) in [4.78, 5) is 4.01. The van der Waals surface area contributed by atoms with E-state index in [0.717, 1.165) is 16.8 Å². The Hall–Kier alpha value is -3.15. The van der Waals surface area contributed by atoms with Crippen LogP contribution in [-0.2, 0) is 12.8 Å². The molecule has 0 atom stereocenters. The highest BCUT2D eigenvalue weighted by atomic mass is 19.1. The Labute approximate surface area is 151 Å². The van der Waals surface area contributed by atoms with Crippen molar-refractivity contribution in [1.29, 1.82) is 0 Å². The molecule has 1 aromatic heterocycles.